The average molecular weight is 438 g/mol. The number of carbonyl (C=O) groups is 2. The first-order valence-corrected chi connectivity index (χ1v) is 11.2. The van der Waals surface area contributed by atoms with E-state index in [1.807, 2.05) is 51.4 Å². The van der Waals surface area contributed by atoms with Crippen molar-refractivity contribution in [1.82, 2.24) is 20.4 Å². The summed E-state index contributed by atoms with van der Waals surface area (Å²) in [6.07, 6.45) is 0. The number of nitrogens with one attached hydrogen (secondary N) is 2. The molecule has 172 valence electrons. The second-order valence-corrected chi connectivity index (χ2v) is 8.66. The molecule has 0 aliphatic carbocycles. The summed E-state index contributed by atoms with van der Waals surface area (Å²) in [5.41, 5.74) is 3.23. The molecule has 2 aromatic rings. The van der Waals surface area contributed by atoms with Gasteiger partial charge < -0.3 is 20.4 Å². The molecule has 1 fully saturated rings. The molecule has 2 N–H and O–H groups in total. The Labute approximate surface area is 191 Å². The summed E-state index contributed by atoms with van der Waals surface area (Å²) in [6.45, 7) is 6.06. The summed E-state index contributed by atoms with van der Waals surface area (Å²) >= 11 is 0. The van der Waals surface area contributed by atoms with Gasteiger partial charge in [0.05, 0.1) is 12.1 Å². The molecule has 1 heterocycles. The third-order valence-corrected chi connectivity index (χ3v) is 6.08. The summed E-state index contributed by atoms with van der Waals surface area (Å²) in [5.74, 6) is -1.21. The second-order valence-electron chi connectivity index (χ2n) is 8.66. The smallest absolute Gasteiger partial charge is 0.309 e. The molecule has 2 unspecified atom stereocenters. The molecule has 1 aliphatic heterocycles. The first kappa shape index (κ1) is 23.8. The largest absolute Gasteiger partial charge is 0.378 e. The summed E-state index contributed by atoms with van der Waals surface area (Å²) < 4.78 is 0. The lowest BCUT2D eigenvalue weighted by Crippen LogP contribution is -2.49. The molecule has 1 saturated heterocycles. The Kier molecular flexibility index (Phi) is 8.25. The van der Waals surface area contributed by atoms with Gasteiger partial charge in [-0.3, -0.25) is 14.5 Å². The molecule has 0 saturated carbocycles. The van der Waals surface area contributed by atoms with E-state index in [9.17, 15) is 9.59 Å². The van der Waals surface area contributed by atoms with E-state index in [0.717, 1.165) is 43.0 Å². The van der Waals surface area contributed by atoms with Crippen molar-refractivity contribution in [3.05, 3.63) is 65.7 Å². The van der Waals surface area contributed by atoms with E-state index in [1.54, 1.807) is 0 Å². The summed E-state index contributed by atoms with van der Waals surface area (Å²) in [7, 11) is 6.16. The number of carbonyl (C=O) groups excluding carboxylic acids is 2. The van der Waals surface area contributed by atoms with Gasteiger partial charge in [-0.1, -0.05) is 42.5 Å². The molecule has 3 rings (SSSR count). The number of hydrogen-bond acceptors (Lipinski definition) is 5. The maximum absolute atomic E-state index is 12.6. The lowest BCUT2D eigenvalue weighted by atomic mass is 10.0. The Morgan fingerprint density at radius 2 is 1.53 bits per heavy atom. The number of nitrogens with zero attached hydrogens (tertiary/aromatic N) is 3. The van der Waals surface area contributed by atoms with Gasteiger partial charge in [-0.2, -0.15) is 0 Å². The van der Waals surface area contributed by atoms with Gasteiger partial charge in [0.25, 0.3) is 0 Å². The Hall–Kier alpha value is -2.90. The number of benzene rings is 2. The number of anilines is 1. The fraction of sp³-hybridized carbons (Fsp3) is 0.440. The number of rotatable bonds is 7. The van der Waals surface area contributed by atoms with Crippen LogP contribution in [-0.2, 0) is 9.59 Å². The predicted molar refractivity (Wildman–Crippen MR) is 129 cm³/mol. The highest BCUT2D eigenvalue weighted by atomic mass is 16.2. The normalized spacial score (nSPS) is 16.8. The van der Waals surface area contributed by atoms with Crippen LogP contribution >= 0.6 is 0 Å². The minimum Gasteiger partial charge on any atom is -0.378 e. The Bertz CT molecular complexity index is 877. The van der Waals surface area contributed by atoms with Crippen molar-refractivity contribution < 1.29 is 9.59 Å². The standard InChI is InChI=1S/C25H35N5O2/c1-19(20-8-6-5-7-9-20)27-25(32)24(31)26-18-23(30-16-14-29(4)15-17-30)21-10-12-22(13-11-21)28(2)3/h5-13,19,23H,14-18H2,1-4H3,(H,26,31)(H,27,32). The van der Waals surface area contributed by atoms with Crippen molar-refractivity contribution in [2.75, 3.05) is 58.8 Å². The summed E-state index contributed by atoms with van der Waals surface area (Å²) in [6, 6.07) is 17.8. The molecule has 0 radical (unpaired) electrons. The molecular weight excluding hydrogens is 402 g/mol. The molecule has 7 heteroatoms. The van der Waals surface area contributed by atoms with Crippen molar-refractivity contribution in [2.24, 2.45) is 0 Å². The lowest BCUT2D eigenvalue weighted by molar-refractivity contribution is -0.139. The van der Waals surface area contributed by atoms with Crippen molar-refractivity contribution in [2.45, 2.75) is 19.0 Å². The fourth-order valence-electron chi connectivity index (χ4n) is 3.94. The third kappa shape index (κ3) is 6.31. The molecule has 1 aliphatic rings. The van der Waals surface area contributed by atoms with Crippen LogP contribution in [0.3, 0.4) is 0 Å². The zero-order valence-electron chi connectivity index (χ0n) is 19.5. The Morgan fingerprint density at radius 3 is 2.12 bits per heavy atom. The monoisotopic (exact) mass is 437 g/mol. The van der Waals surface area contributed by atoms with E-state index in [4.69, 9.17) is 0 Å². The van der Waals surface area contributed by atoms with Crippen LogP contribution in [0.15, 0.2) is 54.6 Å². The first-order chi connectivity index (χ1) is 15.3. The lowest BCUT2D eigenvalue weighted by Gasteiger charge is -2.38. The topological polar surface area (TPSA) is 67.9 Å². The minimum absolute atomic E-state index is 0.0169. The van der Waals surface area contributed by atoms with Gasteiger partial charge in [0.15, 0.2) is 0 Å². The average Bonchev–Trinajstić information content (AvgIpc) is 2.81. The van der Waals surface area contributed by atoms with Crippen molar-refractivity contribution in [3.8, 4) is 0 Å². The minimum atomic E-state index is -0.610. The van der Waals surface area contributed by atoms with E-state index in [-0.39, 0.29) is 12.1 Å². The van der Waals surface area contributed by atoms with E-state index < -0.39 is 11.8 Å². The molecule has 0 bridgehead atoms. The first-order valence-electron chi connectivity index (χ1n) is 11.2. The highest BCUT2D eigenvalue weighted by Crippen LogP contribution is 2.24. The van der Waals surface area contributed by atoms with Crippen LogP contribution in [0.2, 0.25) is 0 Å². The Balaban J connectivity index is 1.64. The molecule has 2 amide bonds. The SMILES string of the molecule is CC(NC(=O)C(=O)NCC(c1ccc(N(C)C)cc1)N1CCN(C)CC1)c1ccccc1. The van der Waals surface area contributed by atoms with E-state index in [2.05, 4.69) is 56.6 Å². The van der Waals surface area contributed by atoms with E-state index >= 15 is 0 Å². The van der Waals surface area contributed by atoms with Crippen LogP contribution in [0, 0.1) is 0 Å². The van der Waals surface area contributed by atoms with E-state index in [1.165, 1.54) is 0 Å². The van der Waals surface area contributed by atoms with Crippen LogP contribution in [0.5, 0.6) is 0 Å². The molecule has 0 spiro atoms. The van der Waals surface area contributed by atoms with Crippen LogP contribution in [-0.4, -0.2) is 75.5 Å². The predicted octanol–water partition coefficient (Wildman–Crippen LogP) is 2.03. The highest BCUT2D eigenvalue weighted by Gasteiger charge is 2.26. The maximum atomic E-state index is 12.6. The van der Waals surface area contributed by atoms with Gasteiger partial charge in [0.2, 0.25) is 0 Å². The van der Waals surface area contributed by atoms with Crippen molar-refractivity contribution >= 4 is 17.5 Å². The van der Waals surface area contributed by atoms with Gasteiger partial charge in [0.1, 0.15) is 0 Å². The van der Waals surface area contributed by atoms with Crippen LogP contribution in [0.4, 0.5) is 5.69 Å². The molecule has 0 aromatic heterocycles. The summed E-state index contributed by atoms with van der Waals surface area (Å²) in [5, 5.41) is 5.66. The maximum Gasteiger partial charge on any atom is 0.309 e. The zero-order valence-corrected chi connectivity index (χ0v) is 19.5. The van der Waals surface area contributed by atoms with Crippen molar-refractivity contribution in [1.29, 1.82) is 0 Å². The van der Waals surface area contributed by atoms with Gasteiger partial charge in [-0.25, -0.2) is 0 Å². The van der Waals surface area contributed by atoms with Crippen LogP contribution < -0.4 is 15.5 Å². The third-order valence-electron chi connectivity index (χ3n) is 6.08. The van der Waals surface area contributed by atoms with Crippen LogP contribution in [0.25, 0.3) is 0 Å². The summed E-state index contributed by atoms with van der Waals surface area (Å²) in [4.78, 5) is 31.8. The van der Waals surface area contributed by atoms with E-state index in [0.29, 0.717) is 6.54 Å². The zero-order chi connectivity index (χ0) is 23.1. The van der Waals surface area contributed by atoms with Crippen molar-refractivity contribution in [3.63, 3.8) is 0 Å². The number of amides is 2. The molecular formula is C25H35N5O2. The number of likely N-dealkylation sites (N-methyl/N-ethyl adjacent to an activating group) is 1. The van der Waals surface area contributed by atoms with Gasteiger partial charge in [-0.15, -0.1) is 0 Å². The molecule has 2 atom stereocenters. The fourth-order valence-corrected chi connectivity index (χ4v) is 3.94. The van der Waals surface area contributed by atoms with Crippen LogP contribution in [0.1, 0.15) is 30.1 Å². The molecule has 2 aromatic carbocycles. The Morgan fingerprint density at radius 1 is 0.906 bits per heavy atom. The van der Waals surface area contributed by atoms with Gasteiger partial charge >= 0.3 is 11.8 Å². The molecule has 32 heavy (non-hydrogen) atoms. The van der Waals surface area contributed by atoms with Gasteiger partial charge in [-0.05, 0) is 37.2 Å². The molecule has 7 nitrogen and oxygen atoms in total. The second kappa shape index (κ2) is 11.1. The van der Waals surface area contributed by atoms with Gasteiger partial charge in [0, 0.05) is 52.5 Å². The number of hydrogen-bond donors (Lipinski definition) is 2. The number of piperazine rings is 1. The highest BCUT2D eigenvalue weighted by molar-refractivity contribution is 6.35. The quantitative estimate of drug-likeness (QED) is 0.649.